The lowest BCUT2D eigenvalue weighted by Crippen LogP contribution is -1.85. The first-order valence-corrected chi connectivity index (χ1v) is 4.25. The summed E-state index contributed by atoms with van der Waals surface area (Å²) in [6, 6.07) is 9.10. The van der Waals surface area contributed by atoms with Gasteiger partial charge in [-0.15, -0.1) is 0 Å². The van der Waals surface area contributed by atoms with Crippen molar-refractivity contribution in [3.8, 4) is 11.8 Å². The number of aromatic nitrogens is 1. The molecule has 0 saturated carbocycles. The minimum absolute atomic E-state index is 0.164. The van der Waals surface area contributed by atoms with Crippen LogP contribution in [0.1, 0.15) is 5.56 Å². The van der Waals surface area contributed by atoms with E-state index in [4.69, 9.17) is 5.26 Å². The topological polar surface area (TPSA) is 56.9 Å². The molecule has 0 fully saturated rings. The van der Waals surface area contributed by atoms with E-state index in [0.717, 1.165) is 5.52 Å². The molecule has 0 aliphatic heterocycles. The number of phenols is 1. The average molecular weight is 184 g/mol. The van der Waals surface area contributed by atoms with Crippen molar-refractivity contribution in [3.05, 3.63) is 36.0 Å². The highest BCUT2D eigenvalue weighted by Gasteiger charge is 2.05. The van der Waals surface area contributed by atoms with Gasteiger partial charge in [0, 0.05) is 17.1 Å². The zero-order valence-electron chi connectivity index (χ0n) is 7.44. The van der Waals surface area contributed by atoms with E-state index < -0.39 is 0 Å². The lowest BCUT2D eigenvalue weighted by Gasteiger charge is -2.03. The second-order valence-corrected chi connectivity index (χ2v) is 2.98. The maximum Gasteiger partial charge on any atom is 0.129 e. The van der Waals surface area contributed by atoms with E-state index in [2.05, 4.69) is 4.98 Å². The number of aromatic hydroxyl groups is 1. The highest BCUT2D eigenvalue weighted by atomic mass is 16.3. The van der Waals surface area contributed by atoms with E-state index in [1.807, 2.05) is 12.1 Å². The van der Waals surface area contributed by atoms with Gasteiger partial charge in [0.25, 0.3) is 0 Å². The van der Waals surface area contributed by atoms with E-state index in [9.17, 15) is 5.11 Å². The first-order chi connectivity index (χ1) is 6.83. The molecule has 14 heavy (non-hydrogen) atoms. The molecule has 3 heteroatoms. The number of phenolic OH excluding ortho intramolecular Hbond substituents is 1. The molecule has 0 aliphatic rings. The van der Waals surface area contributed by atoms with Crippen molar-refractivity contribution in [2.24, 2.45) is 0 Å². The van der Waals surface area contributed by atoms with Crippen LogP contribution in [0.15, 0.2) is 30.5 Å². The van der Waals surface area contributed by atoms with Crippen LogP contribution < -0.4 is 0 Å². The van der Waals surface area contributed by atoms with Crippen molar-refractivity contribution in [1.82, 2.24) is 4.98 Å². The summed E-state index contributed by atoms with van der Waals surface area (Å²) in [7, 11) is 0. The van der Waals surface area contributed by atoms with Crippen molar-refractivity contribution < 1.29 is 5.11 Å². The van der Waals surface area contributed by atoms with Gasteiger partial charge >= 0.3 is 0 Å². The Morgan fingerprint density at radius 2 is 2.21 bits per heavy atom. The zero-order valence-corrected chi connectivity index (χ0v) is 7.44. The van der Waals surface area contributed by atoms with Crippen LogP contribution in [0.5, 0.6) is 5.75 Å². The third-order valence-corrected chi connectivity index (χ3v) is 2.11. The van der Waals surface area contributed by atoms with Crippen LogP contribution in [0, 0.1) is 11.3 Å². The molecule has 0 radical (unpaired) electrons. The summed E-state index contributed by atoms with van der Waals surface area (Å²) in [5.74, 6) is 0.164. The van der Waals surface area contributed by atoms with Crippen LogP contribution in [0.4, 0.5) is 0 Å². The van der Waals surface area contributed by atoms with Crippen molar-refractivity contribution in [2.45, 2.75) is 6.42 Å². The average Bonchev–Trinajstić information content (AvgIpc) is 2.23. The number of benzene rings is 1. The standard InChI is InChI=1S/C11H8N2O/c12-6-5-8-3-4-10-9(11(8)14)2-1-7-13-10/h1-4,7,14H,5H2. The van der Waals surface area contributed by atoms with Crippen LogP contribution >= 0.6 is 0 Å². The number of fused-ring (bicyclic) bond motifs is 1. The summed E-state index contributed by atoms with van der Waals surface area (Å²) < 4.78 is 0. The van der Waals surface area contributed by atoms with Crippen molar-refractivity contribution >= 4 is 10.9 Å². The molecular weight excluding hydrogens is 176 g/mol. The Bertz CT molecular complexity index is 514. The van der Waals surface area contributed by atoms with Gasteiger partial charge in [-0.25, -0.2) is 0 Å². The van der Waals surface area contributed by atoms with Crippen LogP contribution in [0.25, 0.3) is 10.9 Å². The predicted octanol–water partition coefficient (Wildman–Crippen LogP) is 2.01. The Kier molecular flexibility index (Phi) is 2.04. The Hall–Kier alpha value is -2.08. The van der Waals surface area contributed by atoms with Crippen LogP contribution in [0.2, 0.25) is 0 Å². The minimum Gasteiger partial charge on any atom is -0.507 e. The third-order valence-electron chi connectivity index (χ3n) is 2.11. The molecule has 1 N–H and O–H groups in total. The highest BCUT2D eigenvalue weighted by Crippen LogP contribution is 2.27. The van der Waals surface area contributed by atoms with E-state index in [1.54, 1.807) is 24.4 Å². The van der Waals surface area contributed by atoms with E-state index in [-0.39, 0.29) is 12.2 Å². The summed E-state index contributed by atoms with van der Waals surface area (Å²) >= 11 is 0. The molecule has 1 heterocycles. The first kappa shape index (κ1) is 8.52. The molecule has 1 aromatic heterocycles. The molecule has 0 aliphatic carbocycles. The van der Waals surface area contributed by atoms with E-state index >= 15 is 0 Å². The van der Waals surface area contributed by atoms with Gasteiger partial charge in [-0.3, -0.25) is 4.98 Å². The van der Waals surface area contributed by atoms with Gasteiger partial charge in [-0.05, 0) is 18.2 Å². The maximum absolute atomic E-state index is 9.79. The van der Waals surface area contributed by atoms with E-state index in [1.165, 1.54) is 0 Å². The number of rotatable bonds is 1. The number of pyridine rings is 1. The van der Waals surface area contributed by atoms with Gasteiger partial charge in [0.1, 0.15) is 5.75 Å². The molecule has 0 saturated heterocycles. The molecule has 0 bridgehead atoms. The Morgan fingerprint density at radius 3 is 3.00 bits per heavy atom. The normalized spacial score (nSPS) is 9.93. The van der Waals surface area contributed by atoms with Gasteiger partial charge in [0.05, 0.1) is 18.0 Å². The lowest BCUT2D eigenvalue weighted by molar-refractivity contribution is 0.476. The summed E-state index contributed by atoms with van der Waals surface area (Å²) in [6.07, 6.45) is 1.89. The van der Waals surface area contributed by atoms with Crippen LogP contribution in [-0.2, 0) is 6.42 Å². The Morgan fingerprint density at radius 1 is 1.36 bits per heavy atom. The molecule has 2 rings (SSSR count). The zero-order chi connectivity index (χ0) is 9.97. The highest BCUT2D eigenvalue weighted by molar-refractivity contribution is 5.86. The van der Waals surface area contributed by atoms with Crippen molar-refractivity contribution in [3.63, 3.8) is 0 Å². The second-order valence-electron chi connectivity index (χ2n) is 2.98. The summed E-state index contributed by atoms with van der Waals surface area (Å²) in [4.78, 5) is 4.10. The number of hydrogen-bond acceptors (Lipinski definition) is 3. The van der Waals surface area contributed by atoms with Gasteiger partial charge in [-0.2, -0.15) is 5.26 Å². The smallest absolute Gasteiger partial charge is 0.129 e. The SMILES string of the molecule is N#CCc1ccc2ncccc2c1O. The molecule has 0 unspecified atom stereocenters. The Labute approximate surface area is 81.2 Å². The van der Waals surface area contributed by atoms with Crippen LogP contribution in [0.3, 0.4) is 0 Å². The summed E-state index contributed by atoms with van der Waals surface area (Å²) in [5.41, 5.74) is 1.39. The van der Waals surface area contributed by atoms with Crippen LogP contribution in [-0.4, -0.2) is 10.1 Å². The van der Waals surface area contributed by atoms with E-state index in [0.29, 0.717) is 10.9 Å². The molecular formula is C11H8N2O. The molecule has 1 aromatic carbocycles. The lowest BCUT2D eigenvalue weighted by atomic mass is 10.1. The van der Waals surface area contributed by atoms with Crippen molar-refractivity contribution in [2.75, 3.05) is 0 Å². The number of nitriles is 1. The molecule has 3 nitrogen and oxygen atoms in total. The van der Waals surface area contributed by atoms with Gasteiger partial charge in [0.15, 0.2) is 0 Å². The molecule has 2 aromatic rings. The molecule has 0 amide bonds. The predicted molar refractivity (Wildman–Crippen MR) is 52.7 cm³/mol. The number of hydrogen-bond donors (Lipinski definition) is 1. The molecule has 0 atom stereocenters. The molecule has 68 valence electrons. The quantitative estimate of drug-likeness (QED) is 0.737. The third kappa shape index (κ3) is 1.27. The largest absolute Gasteiger partial charge is 0.507 e. The second kappa shape index (κ2) is 3.35. The van der Waals surface area contributed by atoms with Crippen molar-refractivity contribution in [1.29, 1.82) is 5.26 Å². The minimum atomic E-state index is 0.164. The fourth-order valence-electron chi connectivity index (χ4n) is 1.41. The monoisotopic (exact) mass is 184 g/mol. The van der Waals surface area contributed by atoms with Gasteiger partial charge in [0.2, 0.25) is 0 Å². The molecule has 0 spiro atoms. The van der Waals surface area contributed by atoms with Gasteiger partial charge in [-0.1, -0.05) is 6.07 Å². The maximum atomic E-state index is 9.79. The fourth-order valence-corrected chi connectivity index (χ4v) is 1.41. The first-order valence-electron chi connectivity index (χ1n) is 4.25. The Balaban J connectivity index is 2.70. The van der Waals surface area contributed by atoms with Gasteiger partial charge < -0.3 is 5.11 Å². The summed E-state index contributed by atoms with van der Waals surface area (Å²) in [5, 5.41) is 19.0. The summed E-state index contributed by atoms with van der Waals surface area (Å²) in [6.45, 7) is 0. The fraction of sp³-hybridized carbons (Fsp3) is 0.0909. The number of nitrogens with zero attached hydrogens (tertiary/aromatic N) is 2.